The van der Waals surface area contributed by atoms with Gasteiger partial charge in [0.25, 0.3) is 0 Å². The molecular formula is C21H21Cl2N3O. The van der Waals surface area contributed by atoms with E-state index >= 15 is 0 Å². The van der Waals surface area contributed by atoms with Crippen LogP contribution in [0, 0.1) is 0 Å². The Hall–Kier alpha value is -2.04. The summed E-state index contributed by atoms with van der Waals surface area (Å²) >= 11 is 12.4. The first-order valence-electron chi connectivity index (χ1n) is 9.27. The van der Waals surface area contributed by atoms with E-state index in [9.17, 15) is 4.79 Å². The number of rotatable bonds is 5. The van der Waals surface area contributed by atoms with E-state index in [-0.39, 0.29) is 5.91 Å². The molecule has 0 radical (unpaired) electrons. The van der Waals surface area contributed by atoms with Gasteiger partial charge in [-0.1, -0.05) is 53.5 Å². The molecule has 27 heavy (non-hydrogen) atoms. The summed E-state index contributed by atoms with van der Waals surface area (Å²) in [5, 5.41) is 0.996. The van der Waals surface area contributed by atoms with Gasteiger partial charge < -0.3 is 9.47 Å². The van der Waals surface area contributed by atoms with Gasteiger partial charge in [0.05, 0.1) is 21.1 Å². The highest BCUT2D eigenvalue weighted by molar-refractivity contribution is 6.42. The summed E-state index contributed by atoms with van der Waals surface area (Å²) in [7, 11) is 0. The summed E-state index contributed by atoms with van der Waals surface area (Å²) < 4.78 is 2.11. The van der Waals surface area contributed by atoms with Crippen LogP contribution in [0.3, 0.4) is 0 Å². The number of hydrogen-bond donors (Lipinski definition) is 0. The van der Waals surface area contributed by atoms with E-state index < -0.39 is 0 Å². The van der Waals surface area contributed by atoms with Crippen molar-refractivity contribution in [2.24, 2.45) is 0 Å². The molecule has 3 aromatic rings. The van der Waals surface area contributed by atoms with Crippen LogP contribution in [0.25, 0.3) is 11.0 Å². The molecule has 4 nitrogen and oxygen atoms in total. The molecule has 0 unspecified atom stereocenters. The van der Waals surface area contributed by atoms with Gasteiger partial charge in [-0.15, -0.1) is 0 Å². The molecule has 4 rings (SSSR count). The first kappa shape index (κ1) is 18.3. The number of hydrogen-bond acceptors (Lipinski definition) is 2. The van der Waals surface area contributed by atoms with Crippen molar-refractivity contribution in [1.29, 1.82) is 0 Å². The van der Waals surface area contributed by atoms with Crippen LogP contribution in [0.1, 0.15) is 30.7 Å². The molecule has 2 heterocycles. The van der Waals surface area contributed by atoms with Crippen molar-refractivity contribution in [3.05, 3.63) is 63.9 Å². The van der Waals surface area contributed by atoms with E-state index in [4.69, 9.17) is 28.2 Å². The molecule has 0 N–H and O–H groups in total. The fourth-order valence-electron chi connectivity index (χ4n) is 3.67. The van der Waals surface area contributed by atoms with Crippen LogP contribution in [0.15, 0.2) is 42.5 Å². The first-order chi connectivity index (χ1) is 13.1. The lowest BCUT2D eigenvalue weighted by Gasteiger charge is -2.16. The Morgan fingerprint density at radius 2 is 1.74 bits per heavy atom. The number of imidazole rings is 1. The maximum absolute atomic E-state index is 12.5. The van der Waals surface area contributed by atoms with Gasteiger partial charge in [-0.3, -0.25) is 4.79 Å². The van der Waals surface area contributed by atoms with E-state index in [1.54, 1.807) is 6.07 Å². The maximum atomic E-state index is 12.5. The molecule has 1 fully saturated rings. The van der Waals surface area contributed by atoms with Gasteiger partial charge in [0, 0.05) is 32.5 Å². The summed E-state index contributed by atoms with van der Waals surface area (Å²) in [6.45, 7) is 2.34. The Kier molecular flexibility index (Phi) is 5.37. The summed E-state index contributed by atoms with van der Waals surface area (Å²) in [5.41, 5.74) is 2.91. The molecule has 0 atom stereocenters. The number of fused-ring (bicyclic) bond motifs is 1. The molecular weight excluding hydrogens is 381 g/mol. The van der Waals surface area contributed by atoms with Crippen LogP contribution < -0.4 is 0 Å². The maximum Gasteiger partial charge on any atom is 0.224 e. The molecule has 0 bridgehead atoms. The third-order valence-electron chi connectivity index (χ3n) is 5.08. The average molecular weight is 402 g/mol. The Morgan fingerprint density at radius 3 is 2.48 bits per heavy atom. The molecule has 2 aromatic carbocycles. The van der Waals surface area contributed by atoms with Crippen LogP contribution in [-0.4, -0.2) is 33.4 Å². The van der Waals surface area contributed by atoms with Crippen molar-refractivity contribution >= 4 is 40.1 Å². The summed E-state index contributed by atoms with van der Waals surface area (Å²) in [5.74, 6) is 1.13. The van der Waals surface area contributed by atoms with E-state index in [2.05, 4.69) is 16.7 Å². The molecule has 0 aliphatic carbocycles. The Balaban J connectivity index is 1.65. The predicted octanol–water partition coefficient (Wildman–Crippen LogP) is 4.95. The summed E-state index contributed by atoms with van der Waals surface area (Å²) in [4.78, 5) is 19.3. The molecule has 6 heteroatoms. The number of amides is 1. The van der Waals surface area contributed by atoms with Gasteiger partial charge in [0.1, 0.15) is 5.82 Å². The van der Waals surface area contributed by atoms with Crippen LogP contribution >= 0.6 is 23.2 Å². The van der Waals surface area contributed by atoms with Crippen molar-refractivity contribution in [3.8, 4) is 0 Å². The van der Waals surface area contributed by atoms with Crippen molar-refractivity contribution in [2.45, 2.75) is 32.2 Å². The third kappa shape index (κ3) is 3.97. The molecule has 0 saturated carbocycles. The smallest absolute Gasteiger partial charge is 0.224 e. The highest BCUT2D eigenvalue weighted by atomic mass is 35.5. The topological polar surface area (TPSA) is 38.1 Å². The minimum absolute atomic E-state index is 0.208. The predicted molar refractivity (Wildman–Crippen MR) is 109 cm³/mol. The zero-order chi connectivity index (χ0) is 18.8. The monoisotopic (exact) mass is 401 g/mol. The zero-order valence-electron chi connectivity index (χ0n) is 15.0. The number of aromatic nitrogens is 2. The quantitative estimate of drug-likeness (QED) is 0.606. The number of benzene rings is 2. The fraction of sp³-hybridized carbons (Fsp3) is 0.333. The minimum atomic E-state index is 0.208. The highest BCUT2D eigenvalue weighted by Crippen LogP contribution is 2.29. The number of aryl methyl sites for hydroxylation is 1. The molecule has 140 valence electrons. The van der Waals surface area contributed by atoms with Crippen molar-refractivity contribution in [1.82, 2.24) is 14.5 Å². The number of carbonyl (C=O) groups excluding carboxylic acids is 1. The van der Waals surface area contributed by atoms with Gasteiger partial charge in [0.2, 0.25) is 5.91 Å². The SMILES string of the molecule is O=C(CCn1c(Cc2ccccc2)nc2cc(Cl)c(Cl)cc21)N1CCCC1. The van der Waals surface area contributed by atoms with Crippen LogP contribution in [0.5, 0.6) is 0 Å². The fourth-order valence-corrected chi connectivity index (χ4v) is 3.98. The van der Waals surface area contributed by atoms with Gasteiger partial charge >= 0.3 is 0 Å². The number of carbonyl (C=O) groups is 1. The second kappa shape index (κ2) is 7.91. The number of nitrogens with zero attached hydrogens (tertiary/aromatic N) is 3. The summed E-state index contributed by atoms with van der Waals surface area (Å²) in [6, 6.07) is 13.9. The lowest BCUT2D eigenvalue weighted by atomic mass is 10.1. The van der Waals surface area contributed by atoms with Crippen LogP contribution in [0.2, 0.25) is 10.0 Å². The van der Waals surface area contributed by atoms with E-state index in [0.717, 1.165) is 42.8 Å². The Labute approximate surface area is 168 Å². The van der Waals surface area contributed by atoms with Crippen molar-refractivity contribution < 1.29 is 4.79 Å². The van der Waals surface area contributed by atoms with E-state index in [0.29, 0.717) is 29.4 Å². The Morgan fingerprint density at radius 1 is 1.04 bits per heavy atom. The first-order valence-corrected chi connectivity index (χ1v) is 10.0. The molecule has 1 aliphatic heterocycles. The highest BCUT2D eigenvalue weighted by Gasteiger charge is 2.19. The van der Waals surface area contributed by atoms with E-state index in [1.807, 2.05) is 29.2 Å². The summed E-state index contributed by atoms with van der Waals surface area (Å²) in [6.07, 6.45) is 3.37. The molecule has 1 aromatic heterocycles. The number of likely N-dealkylation sites (tertiary alicyclic amines) is 1. The average Bonchev–Trinajstić information content (AvgIpc) is 3.30. The normalized spacial score (nSPS) is 14.2. The second-order valence-corrected chi connectivity index (χ2v) is 7.75. The molecule has 0 spiro atoms. The lowest BCUT2D eigenvalue weighted by molar-refractivity contribution is -0.130. The van der Waals surface area contributed by atoms with Crippen molar-refractivity contribution in [2.75, 3.05) is 13.1 Å². The van der Waals surface area contributed by atoms with Crippen molar-refractivity contribution in [3.63, 3.8) is 0 Å². The van der Waals surface area contributed by atoms with Gasteiger partial charge in [-0.05, 0) is 30.5 Å². The largest absolute Gasteiger partial charge is 0.343 e. The van der Waals surface area contributed by atoms with Gasteiger partial charge in [-0.2, -0.15) is 0 Å². The van der Waals surface area contributed by atoms with Gasteiger partial charge in [0.15, 0.2) is 0 Å². The third-order valence-corrected chi connectivity index (χ3v) is 5.80. The van der Waals surface area contributed by atoms with Crippen LogP contribution in [0.4, 0.5) is 0 Å². The number of halogens is 2. The Bertz CT molecular complexity index is 962. The second-order valence-electron chi connectivity index (χ2n) is 6.93. The molecule has 1 amide bonds. The standard InChI is InChI=1S/C21H21Cl2N3O/c22-16-13-18-19(14-17(16)23)26(11-8-21(27)25-9-4-5-10-25)20(24-18)12-15-6-2-1-3-7-15/h1-3,6-7,13-14H,4-5,8-12H2. The minimum Gasteiger partial charge on any atom is -0.343 e. The molecule has 1 saturated heterocycles. The van der Waals surface area contributed by atoms with Crippen LogP contribution in [-0.2, 0) is 17.8 Å². The lowest BCUT2D eigenvalue weighted by Crippen LogP contribution is -2.28. The zero-order valence-corrected chi connectivity index (χ0v) is 16.5. The molecule has 1 aliphatic rings. The van der Waals surface area contributed by atoms with E-state index in [1.165, 1.54) is 5.56 Å². The van der Waals surface area contributed by atoms with Gasteiger partial charge in [-0.25, -0.2) is 4.98 Å².